The van der Waals surface area contributed by atoms with E-state index in [1.54, 1.807) is 18.2 Å². The first-order chi connectivity index (χ1) is 14.0. The first-order valence-corrected chi connectivity index (χ1v) is 10.0. The number of hydrogen-bond donors (Lipinski definition) is 1. The number of nitrogens with zero attached hydrogens (tertiary/aromatic N) is 2. The van der Waals surface area contributed by atoms with Crippen LogP contribution in [-0.2, 0) is 5.75 Å². The molecule has 6 nitrogen and oxygen atoms in total. The Labute approximate surface area is 181 Å². The van der Waals surface area contributed by atoms with Crippen molar-refractivity contribution in [3.63, 3.8) is 0 Å². The van der Waals surface area contributed by atoms with Crippen LogP contribution in [0.1, 0.15) is 11.1 Å². The Hall–Kier alpha value is -2.66. The van der Waals surface area contributed by atoms with Crippen molar-refractivity contribution in [1.82, 2.24) is 9.97 Å². The van der Waals surface area contributed by atoms with Gasteiger partial charge >= 0.3 is 0 Å². The van der Waals surface area contributed by atoms with Crippen LogP contribution in [-0.4, -0.2) is 24.2 Å². The molecule has 3 aromatic rings. The molecule has 2 aromatic carbocycles. The molecule has 0 radical (unpaired) electrons. The van der Waals surface area contributed by atoms with Crippen LogP contribution in [0.3, 0.4) is 0 Å². The van der Waals surface area contributed by atoms with Gasteiger partial charge in [-0.2, -0.15) is 5.26 Å². The molecule has 0 fully saturated rings. The number of rotatable bonds is 6. The highest BCUT2D eigenvalue weighted by Crippen LogP contribution is 2.39. The third kappa shape index (κ3) is 4.51. The van der Waals surface area contributed by atoms with E-state index in [0.29, 0.717) is 33.0 Å². The van der Waals surface area contributed by atoms with Crippen LogP contribution in [0.15, 0.2) is 46.3 Å². The van der Waals surface area contributed by atoms with Gasteiger partial charge in [0.15, 0.2) is 16.7 Å². The maximum absolute atomic E-state index is 12.5. The molecule has 29 heavy (non-hydrogen) atoms. The summed E-state index contributed by atoms with van der Waals surface area (Å²) in [7, 11) is 2.94. The van der Waals surface area contributed by atoms with Gasteiger partial charge in [0, 0.05) is 16.3 Å². The maximum Gasteiger partial charge on any atom is 0.270 e. The summed E-state index contributed by atoms with van der Waals surface area (Å²) in [5.74, 6) is 1.22. The molecule has 0 bridgehead atoms. The van der Waals surface area contributed by atoms with Gasteiger partial charge < -0.3 is 14.5 Å². The highest BCUT2D eigenvalue weighted by atomic mass is 35.5. The van der Waals surface area contributed by atoms with Gasteiger partial charge in [-0.05, 0) is 23.8 Å². The molecule has 1 aromatic heterocycles. The number of H-pyrrole nitrogens is 1. The lowest BCUT2D eigenvalue weighted by Crippen LogP contribution is -2.15. The smallest absolute Gasteiger partial charge is 0.270 e. The second-order valence-corrected chi connectivity index (χ2v) is 7.56. The minimum atomic E-state index is -0.537. The van der Waals surface area contributed by atoms with Crippen molar-refractivity contribution < 1.29 is 9.47 Å². The average Bonchev–Trinajstić information content (AvgIpc) is 2.72. The zero-order valence-electron chi connectivity index (χ0n) is 15.5. The number of hydrogen-bond acceptors (Lipinski definition) is 6. The van der Waals surface area contributed by atoms with Crippen molar-refractivity contribution in [3.05, 3.63) is 67.9 Å². The van der Waals surface area contributed by atoms with Crippen LogP contribution in [0.25, 0.3) is 11.3 Å². The number of nitriles is 1. The molecule has 0 aliphatic carbocycles. The summed E-state index contributed by atoms with van der Waals surface area (Å²) < 4.78 is 10.5. The van der Waals surface area contributed by atoms with Crippen LogP contribution >= 0.6 is 35.0 Å². The van der Waals surface area contributed by atoms with E-state index in [1.165, 1.54) is 26.0 Å². The van der Waals surface area contributed by atoms with E-state index in [4.69, 9.17) is 32.7 Å². The fraction of sp³-hybridized carbons (Fsp3) is 0.150. The van der Waals surface area contributed by atoms with E-state index in [0.717, 1.165) is 5.56 Å². The molecular weight excluding hydrogens is 433 g/mol. The molecule has 9 heteroatoms. The van der Waals surface area contributed by atoms with E-state index in [2.05, 4.69) is 9.97 Å². The second kappa shape index (κ2) is 9.23. The van der Waals surface area contributed by atoms with E-state index < -0.39 is 5.56 Å². The fourth-order valence-corrected chi connectivity index (χ4v) is 4.08. The average molecular weight is 448 g/mol. The molecule has 0 amide bonds. The number of halogens is 2. The lowest BCUT2D eigenvalue weighted by atomic mass is 10.1. The predicted molar refractivity (Wildman–Crippen MR) is 114 cm³/mol. The number of aromatic amines is 1. The Morgan fingerprint density at radius 1 is 1.17 bits per heavy atom. The lowest BCUT2D eigenvalue weighted by molar-refractivity contribution is 0.355. The van der Waals surface area contributed by atoms with Gasteiger partial charge in [-0.25, -0.2) is 4.98 Å². The summed E-state index contributed by atoms with van der Waals surface area (Å²) in [6.45, 7) is 0. The van der Waals surface area contributed by atoms with Crippen molar-refractivity contribution >= 4 is 35.0 Å². The Kier molecular flexibility index (Phi) is 6.70. The van der Waals surface area contributed by atoms with Gasteiger partial charge in [-0.3, -0.25) is 4.79 Å². The third-order valence-corrected chi connectivity index (χ3v) is 5.61. The summed E-state index contributed by atoms with van der Waals surface area (Å²) >= 11 is 13.8. The quantitative estimate of drug-likeness (QED) is 0.425. The topological polar surface area (TPSA) is 88.0 Å². The molecular formula is C20H15Cl2N3O3S. The van der Waals surface area contributed by atoms with Crippen molar-refractivity contribution in [2.45, 2.75) is 10.9 Å². The molecule has 0 spiro atoms. The molecule has 148 valence electrons. The summed E-state index contributed by atoms with van der Waals surface area (Å²) in [6, 6.07) is 12.5. The van der Waals surface area contributed by atoms with Crippen molar-refractivity contribution in [2.75, 3.05) is 14.2 Å². The number of methoxy groups -OCH3 is 2. The van der Waals surface area contributed by atoms with E-state index in [-0.39, 0.29) is 16.3 Å². The Morgan fingerprint density at radius 2 is 1.93 bits per heavy atom. The predicted octanol–water partition coefficient (Wildman–Crippen LogP) is 4.92. The summed E-state index contributed by atoms with van der Waals surface area (Å²) in [5, 5.41) is 10.7. The van der Waals surface area contributed by atoms with E-state index in [9.17, 15) is 10.1 Å². The largest absolute Gasteiger partial charge is 0.493 e. The second-order valence-electron chi connectivity index (χ2n) is 5.78. The summed E-state index contributed by atoms with van der Waals surface area (Å²) in [5.41, 5.74) is 0.929. The third-order valence-electron chi connectivity index (χ3n) is 4.04. The SMILES string of the molecule is COc1cc(-c2nc(SCc3ccccc3Cl)[nH]c(=O)c2C#N)cc(Cl)c1OC. The van der Waals surface area contributed by atoms with Crippen molar-refractivity contribution in [1.29, 1.82) is 5.26 Å². The maximum atomic E-state index is 12.5. The van der Waals surface area contributed by atoms with Gasteiger partial charge in [-0.15, -0.1) is 0 Å². The molecule has 0 saturated heterocycles. The van der Waals surface area contributed by atoms with E-state index in [1.807, 2.05) is 24.3 Å². The first kappa shape index (κ1) is 21.1. The van der Waals surface area contributed by atoms with Gasteiger partial charge in [0.1, 0.15) is 11.6 Å². The number of aromatic nitrogens is 2. The van der Waals surface area contributed by atoms with Crippen LogP contribution in [0.4, 0.5) is 0 Å². The Balaban J connectivity index is 2.05. The van der Waals surface area contributed by atoms with Crippen molar-refractivity contribution in [3.8, 4) is 28.8 Å². The van der Waals surface area contributed by atoms with Gasteiger partial charge in [0.25, 0.3) is 5.56 Å². The normalized spacial score (nSPS) is 10.4. The molecule has 0 saturated carbocycles. The highest BCUT2D eigenvalue weighted by molar-refractivity contribution is 7.98. The summed E-state index contributed by atoms with van der Waals surface area (Å²) in [6.07, 6.45) is 0. The number of benzene rings is 2. The molecule has 3 rings (SSSR count). The molecule has 0 unspecified atom stereocenters. The number of ether oxygens (including phenoxy) is 2. The molecule has 0 aliphatic heterocycles. The molecule has 1 heterocycles. The fourth-order valence-electron chi connectivity index (χ4n) is 2.65. The highest BCUT2D eigenvalue weighted by Gasteiger charge is 2.18. The molecule has 0 atom stereocenters. The van der Waals surface area contributed by atoms with Gasteiger partial charge in [-0.1, -0.05) is 53.2 Å². The van der Waals surface area contributed by atoms with Gasteiger partial charge in [0.05, 0.1) is 24.9 Å². The Morgan fingerprint density at radius 3 is 2.59 bits per heavy atom. The minimum absolute atomic E-state index is 0.115. The molecule has 0 aliphatic rings. The van der Waals surface area contributed by atoms with Crippen LogP contribution in [0, 0.1) is 11.3 Å². The monoisotopic (exact) mass is 447 g/mol. The van der Waals surface area contributed by atoms with Crippen molar-refractivity contribution in [2.24, 2.45) is 0 Å². The first-order valence-electron chi connectivity index (χ1n) is 8.31. The minimum Gasteiger partial charge on any atom is -0.493 e. The van der Waals surface area contributed by atoms with E-state index >= 15 is 0 Å². The zero-order valence-corrected chi connectivity index (χ0v) is 17.8. The zero-order chi connectivity index (χ0) is 21.0. The van der Waals surface area contributed by atoms with Crippen LogP contribution < -0.4 is 15.0 Å². The number of thioether (sulfide) groups is 1. The lowest BCUT2D eigenvalue weighted by Gasteiger charge is -2.12. The standard InChI is InChI=1S/C20H15Cl2N3O3S/c1-27-16-8-12(7-15(22)18(16)28-2)17-13(9-23)19(26)25-20(24-17)29-10-11-5-3-4-6-14(11)21/h3-8H,10H2,1-2H3,(H,24,25,26). The van der Waals surface area contributed by atoms with Gasteiger partial charge in [0.2, 0.25) is 0 Å². The Bertz CT molecular complexity index is 1160. The van der Waals surface area contributed by atoms with Crippen LogP contribution in [0.5, 0.6) is 11.5 Å². The molecule has 1 N–H and O–H groups in total. The van der Waals surface area contributed by atoms with Crippen LogP contribution in [0.2, 0.25) is 10.0 Å². The number of nitrogens with one attached hydrogen (secondary N) is 1. The summed E-state index contributed by atoms with van der Waals surface area (Å²) in [4.78, 5) is 19.6.